The molecule has 5 nitrogen and oxygen atoms in total. The number of hydrogen-bond acceptors (Lipinski definition) is 3. The molecule has 1 unspecified atom stereocenters. The van der Waals surface area contributed by atoms with Crippen molar-refractivity contribution >= 4 is 30.1 Å². The summed E-state index contributed by atoms with van der Waals surface area (Å²) in [5.74, 6) is 0.676. The highest BCUT2D eigenvalue weighted by molar-refractivity contribution is 6.19. The second-order valence-corrected chi connectivity index (χ2v) is 4.86. The van der Waals surface area contributed by atoms with Crippen molar-refractivity contribution in [3.8, 4) is 0 Å². The fraction of sp³-hybridized carbons (Fsp3) is 0.643. The highest BCUT2D eigenvalue weighted by Crippen LogP contribution is 2.23. The van der Waals surface area contributed by atoms with Crippen LogP contribution in [0.4, 0.5) is 0 Å². The van der Waals surface area contributed by atoms with Gasteiger partial charge in [-0.15, -0.1) is 11.6 Å². The maximum Gasteiger partial charge on any atom is 0.247 e. The number of carbonyl (C=O) groups is 1. The fourth-order valence-electron chi connectivity index (χ4n) is 2.58. The second-order valence-electron chi connectivity index (χ2n) is 4.62. The summed E-state index contributed by atoms with van der Waals surface area (Å²) < 4.78 is 0. The number of halogens is 1. The van der Waals surface area contributed by atoms with Crippen LogP contribution in [-0.2, 0) is 4.79 Å². The van der Waals surface area contributed by atoms with Crippen molar-refractivity contribution in [2.75, 3.05) is 6.00 Å². The summed E-state index contributed by atoms with van der Waals surface area (Å²) in [6.45, 7) is 9.66. The van der Waals surface area contributed by atoms with E-state index in [9.17, 15) is 4.79 Å². The Balaban J connectivity index is 3.31. The topological polar surface area (TPSA) is 57.1 Å². The molecule has 20 heavy (non-hydrogen) atoms. The summed E-state index contributed by atoms with van der Waals surface area (Å²) >= 11 is 5.78. The summed E-state index contributed by atoms with van der Waals surface area (Å²) in [5.41, 5.74) is 0.572. The first-order valence-corrected chi connectivity index (χ1v) is 7.53. The molecule has 6 heteroatoms. The molecular formula is C14H23ClN4O. The Labute approximate surface area is 125 Å². The van der Waals surface area contributed by atoms with Crippen molar-refractivity contribution in [1.82, 2.24) is 10.2 Å². The smallest absolute Gasteiger partial charge is 0.247 e. The molecule has 0 aromatic heterocycles. The Morgan fingerprint density at radius 1 is 1.45 bits per heavy atom. The van der Waals surface area contributed by atoms with Gasteiger partial charge in [0.2, 0.25) is 5.91 Å². The number of amidine groups is 1. The molecular weight excluding hydrogens is 276 g/mol. The van der Waals surface area contributed by atoms with E-state index in [1.165, 1.54) is 6.20 Å². The molecule has 1 rings (SSSR count). The monoisotopic (exact) mass is 298 g/mol. The SMILES string of the molecule is C=N/C=C1/NC(=O)C(CC)N(C(CC)CC)/C1=N/CCl. The van der Waals surface area contributed by atoms with E-state index in [2.05, 4.69) is 40.8 Å². The Kier molecular flexibility index (Phi) is 6.71. The van der Waals surface area contributed by atoms with Gasteiger partial charge in [0.25, 0.3) is 0 Å². The van der Waals surface area contributed by atoms with Crippen LogP contribution in [0, 0.1) is 0 Å². The molecule has 1 heterocycles. The lowest BCUT2D eigenvalue weighted by Gasteiger charge is -2.42. The Morgan fingerprint density at radius 3 is 2.55 bits per heavy atom. The zero-order chi connectivity index (χ0) is 15.1. The minimum atomic E-state index is -0.219. The van der Waals surface area contributed by atoms with E-state index in [0.717, 1.165) is 19.3 Å². The van der Waals surface area contributed by atoms with E-state index in [4.69, 9.17) is 11.6 Å². The molecule has 112 valence electrons. The van der Waals surface area contributed by atoms with Gasteiger partial charge in [0.1, 0.15) is 17.7 Å². The van der Waals surface area contributed by atoms with Crippen molar-refractivity contribution in [3.05, 3.63) is 11.9 Å². The number of rotatable bonds is 6. The van der Waals surface area contributed by atoms with Gasteiger partial charge in [-0.1, -0.05) is 20.8 Å². The second kappa shape index (κ2) is 8.04. The quantitative estimate of drug-likeness (QED) is 0.465. The lowest BCUT2D eigenvalue weighted by Crippen LogP contribution is -2.60. The lowest BCUT2D eigenvalue weighted by molar-refractivity contribution is -0.126. The third-order valence-electron chi connectivity index (χ3n) is 3.53. The largest absolute Gasteiger partial charge is 0.340 e. The average molecular weight is 299 g/mol. The van der Waals surface area contributed by atoms with Gasteiger partial charge in [0.15, 0.2) is 5.84 Å². The number of nitrogens with one attached hydrogen (secondary N) is 1. The molecule has 0 aromatic carbocycles. The minimum absolute atomic E-state index is 0.0252. The third kappa shape index (κ3) is 3.39. The minimum Gasteiger partial charge on any atom is -0.340 e. The van der Waals surface area contributed by atoms with Crippen molar-refractivity contribution in [3.63, 3.8) is 0 Å². The molecule has 1 saturated heterocycles. The molecule has 1 N–H and O–H groups in total. The highest BCUT2D eigenvalue weighted by atomic mass is 35.5. The molecule has 0 saturated carbocycles. The summed E-state index contributed by atoms with van der Waals surface area (Å²) in [5, 5.41) is 2.84. The average Bonchev–Trinajstić information content (AvgIpc) is 2.44. The van der Waals surface area contributed by atoms with Gasteiger partial charge in [-0.2, -0.15) is 0 Å². The van der Waals surface area contributed by atoms with Crippen LogP contribution in [-0.4, -0.2) is 41.4 Å². The van der Waals surface area contributed by atoms with Crippen LogP contribution >= 0.6 is 11.6 Å². The first-order valence-electron chi connectivity index (χ1n) is 7.00. The predicted molar refractivity (Wildman–Crippen MR) is 84.2 cm³/mol. The van der Waals surface area contributed by atoms with E-state index >= 15 is 0 Å². The van der Waals surface area contributed by atoms with Gasteiger partial charge in [0.05, 0.1) is 6.20 Å². The van der Waals surface area contributed by atoms with Crippen molar-refractivity contribution in [2.45, 2.75) is 52.1 Å². The molecule has 0 aliphatic carbocycles. The Morgan fingerprint density at radius 2 is 2.10 bits per heavy atom. The maximum atomic E-state index is 12.3. The van der Waals surface area contributed by atoms with Gasteiger partial charge in [-0.25, -0.2) is 0 Å². The summed E-state index contributed by atoms with van der Waals surface area (Å²) in [4.78, 5) is 22.4. The number of piperazine rings is 1. The van der Waals surface area contributed by atoms with E-state index in [1.54, 1.807) is 0 Å². The molecule has 0 radical (unpaired) electrons. The molecule has 1 atom stereocenters. The molecule has 1 aliphatic rings. The summed E-state index contributed by atoms with van der Waals surface area (Å²) in [6, 6.07) is 0.178. The fourth-order valence-corrected chi connectivity index (χ4v) is 2.69. The zero-order valence-electron chi connectivity index (χ0n) is 12.4. The normalized spacial score (nSPS) is 23.6. The van der Waals surface area contributed by atoms with Crippen LogP contribution in [0.25, 0.3) is 0 Å². The van der Waals surface area contributed by atoms with Crippen LogP contribution in [0.1, 0.15) is 40.0 Å². The standard InChI is InChI=1S/C14H23ClN4O/c1-5-10(6-2)19-12(7-3)14(20)18-11(8-16-4)13(19)17-9-15/h8,10,12H,4-7,9H2,1-3H3,(H,18,20)/b11-8+,17-13+. The Bertz CT molecular complexity index is 415. The van der Waals surface area contributed by atoms with Gasteiger partial charge in [0, 0.05) is 6.04 Å². The first kappa shape index (κ1) is 16.7. The van der Waals surface area contributed by atoms with Crippen molar-refractivity contribution < 1.29 is 4.79 Å². The van der Waals surface area contributed by atoms with E-state index in [-0.39, 0.29) is 24.0 Å². The van der Waals surface area contributed by atoms with Gasteiger partial charge in [-0.05, 0) is 26.0 Å². The molecule has 1 amide bonds. The third-order valence-corrected chi connectivity index (χ3v) is 3.65. The molecule has 1 fully saturated rings. The van der Waals surface area contributed by atoms with E-state index in [1.807, 2.05) is 6.92 Å². The van der Waals surface area contributed by atoms with Crippen molar-refractivity contribution in [2.24, 2.45) is 9.98 Å². The van der Waals surface area contributed by atoms with Crippen LogP contribution < -0.4 is 5.32 Å². The molecule has 0 spiro atoms. The summed E-state index contributed by atoms with van der Waals surface area (Å²) in [7, 11) is 0. The lowest BCUT2D eigenvalue weighted by atomic mass is 10.0. The van der Waals surface area contributed by atoms with Crippen molar-refractivity contribution in [1.29, 1.82) is 0 Å². The summed E-state index contributed by atoms with van der Waals surface area (Å²) in [6.07, 6.45) is 4.12. The van der Waals surface area contributed by atoms with Crippen LogP contribution in [0.15, 0.2) is 21.9 Å². The predicted octanol–water partition coefficient (Wildman–Crippen LogP) is 2.52. The number of hydrogen-bond donors (Lipinski definition) is 1. The molecule has 0 bridgehead atoms. The number of carbonyl (C=O) groups excluding carboxylic acids is 1. The van der Waals surface area contributed by atoms with Crippen LogP contribution in [0.5, 0.6) is 0 Å². The van der Waals surface area contributed by atoms with Crippen LogP contribution in [0.2, 0.25) is 0 Å². The number of aliphatic imine (C=N–C) groups is 2. The molecule has 0 aromatic rings. The van der Waals surface area contributed by atoms with E-state index in [0.29, 0.717) is 11.5 Å². The number of nitrogens with zero attached hydrogens (tertiary/aromatic N) is 3. The van der Waals surface area contributed by atoms with Gasteiger partial charge >= 0.3 is 0 Å². The number of amides is 1. The first-order chi connectivity index (χ1) is 9.64. The van der Waals surface area contributed by atoms with Gasteiger partial charge < -0.3 is 10.2 Å². The Hall–Kier alpha value is -1.36. The zero-order valence-corrected chi connectivity index (χ0v) is 13.2. The maximum absolute atomic E-state index is 12.3. The highest BCUT2D eigenvalue weighted by Gasteiger charge is 2.37. The van der Waals surface area contributed by atoms with E-state index < -0.39 is 0 Å². The number of alkyl halides is 1. The molecule has 1 aliphatic heterocycles. The van der Waals surface area contributed by atoms with Gasteiger partial charge in [-0.3, -0.25) is 14.8 Å². The van der Waals surface area contributed by atoms with Crippen LogP contribution in [0.3, 0.4) is 0 Å².